The summed E-state index contributed by atoms with van der Waals surface area (Å²) in [5.41, 5.74) is 3.63. The second kappa shape index (κ2) is 10.8. The Morgan fingerprint density at radius 1 is 0.974 bits per heavy atom. The molecule has 0 saturated heterocycles. The van der Waals surface area contributed by atoms with Crippen LogP contribution in [0.5, 0.6) is 0 Å². The molecule has 5 rings (SSSR count). The van der Waals surface area contributed by atoms with Crippen molar-refractivity contribution in [2.75, 3.05) is 0 Å². The van der Waals surface area contributed by atoms with Crippen molar-refractivity contribution in [3.63, 3.8) is 0 Å². The van der Waals surface area contributed by atoms with Crippen LogP contribution in [0.25, 0.3) is 16.9 Å². The molecule has 2 aromatic heterocycles. The highest BCUT2D eigenvalue weighted by Crippen LogP contribution is 2.34. The summed E-state index contributed by atoms with van der Waals surface area (Å²) in [7, 11) is 0. The second-order valence-corrected chi connectivity index (χ2v) is 10.4. The summed E-state index contributed by atoms with van der Waals surface area (Å²) < 4.78 is 1.70. The minimum atomic E-state index is -0.544. The van der Waals surface area contributed by atoms with E-state index in [4.69, 9.17) is 28.3 Å². The largest absolute Gasteiger partial charge is 0.345 e. The lowest BCUT2D eigenvalue weighted by molar-refractivity contribution is 0.0906. The van der Waals surface area contributed by atoms with Crippen LogP contribution >= 0.6 is 23.2 Å². The predicted molar refractivity (Wildman–Crippen MR) is 148 cm³/mol. The Balaban J connectivity index is 1.64. The Morgan fingerprint density at radius 2 is 1.68 bits per heavy atom. The maximum atomic E-state index is 13.9. The monoisotopic (exact) mass is 545 g/mol. The van der Waals surface area contributed by atoms with Crippen LogP contribution in [0, 0.1) is 0 Å². The Hall–Kier alpha value is -4.01. The molecule has 0 aliphatic heterocycles. The van der Waals surface area contributed by atoms with E-state index in [0.717, 1.165) is 11.1 Å². The SMILES string of the molecule is CC(C)(Cc1ccccc1)NC(=O)c1nn(-c2ccccc2Cl)c(-c2ccc(Cl)cc2)c1Cc1nnn[nH]1. The molecule has 0 bridgehead atoms. The number of hydrogen-bond acceptors (Lipinski definition) is 5. The Kier molecular flexibility index (Phi) is 7.26. The first-order valence-electron chi connectivity index (χ1n) is 12.0. The number of carbonyl (C=O) groups excluding carboxylic acids is 1. The van der Waals surface area contributed by atoms with Gasteiger partial charge in [0.15, 0.2) is 11.5 Å². The first kappa shape index (κ1) is 25.6. The highest BCUT2D eigenvalue weighted by Gasteiger charge is 2.30. The van der Waals surface area contributed by atoms with Crippen LogP contribution in [-0.2, 0) is 12.8 Å². The number of nitrogens with zero attached hydrogens (tertiary/aromatic N) is 5. The minimum Gasteiger partial charge on any atom is -0.345 e. The normalized spacial score (nSPS) is 11.5. The van der Waals surface area contributed by atoms with E-state index in [1.165, 1.54) is 0 Å². The highest BCUT2D eigenvalue weighted by molar-refractivity contribution is 6.32. The summed E-state index contributed by atoms with van der Waals surface area (Å²) in [6.45, 7) is 3.98. The molecule has 0 spiro atoms. The number of aromatic nitrogens is 6. The zero-order valence-electron chi connectivity index (χ0n) is 20.8. The molecule has 0 saturated carbocycles. The van der Waals surface area contributed by atoms with Crippen LogP contribution in [0.3, 0.4) is 0 Å². The molecule has 8 nitrogen and oxygen atoms in total. The molecule has 10 heteroatoms. The van der Waals surface area contributed by atoms with E-state index in [-0.39, 0.29) is 18.0 Å². The average Bonchev–Trinajstić information content (AvgIpc) is 3.53. The molecule has 0 radical (unpaired) electrons. The number of nitrogens with one attached hydrogen (secondary N) is 2. The highest BCUT2D eigenvalue weighted by atomic mass is 35.5. The number of amides is 1. The Morgan fingerprint density at radius 3 is 2.37 bits per heavy atom. The van der Waals surface area contributed by atoms with Gasteiger partial charge >= 0.3 is 0 Å². The van der Waals surface area contributed by atoms with Gasteiger partial charge in [0.25, 0.3) is 5.91 Å². The zero-order valence-corrected chi connectivity index (χ0v) is 22.3. The van der Waals surface area contributed by atoms with Crippen LogP contribution in [0.15, 0.2) is 78.9 Å². The van der Waals surface area contributed by atoms with Crippen molar-refractivity contribution in [2.24, 2.45) is 0 Å². The van der Waals surface area contributed by atoms with Crippen molar-refractivity contribution in [3.05, 3.63) is 112 Å². The second-order valence-electron chi connectivity index (χ2n) is 9.57. The van der Waals surface area contributed by atoms with Crippen LogP contribution in [-0.4, -0.2) is 41.9 Å². The molecule has 1 amide bonds. The summed E-state index contributed by atoms with van der Waals surface area (Å²) in [6, 6.07) is 24.7. The fourth-order valence-electron chi connectivity index (χ4n) is 4.44. The van der Waals surface area contributed by atoms with E-state index >= 15 is 0 Å². The first-order valence-corrected chi connectivity index (χ1v) is 12.8. The smallest absolute Gasteiger partial charge is 0.272 e. The lowest BCUT2D eigenvalue weighted by Gasteiger charge is -2.26. The lowest BCUT2D eigenvalue weighted by Crippen LogP contribution is -2.45. The van der Waals surface area contributed by atoms with Gasteiger partial charge in [-0.15, -0.1) is 5.10 Å². The quantitative estimate of drug-likeness (QED) is 0.260. The van der Waals surface area contributed by atoms with Crippen LogP contribution < -0.4 is 5.32 Å². The maximum Gasteiger partial charge on any atom is 0.272 e. The first-order chi connectivity index (χ1) is 18.3. The molecular formula is C28H25Cl2N7O. The Bertz CT molecular complexity index is 1550. The molecule has 5 aromatic rings. The number of benzene rings is 3. The average molecular weight is 546 g/mol. The molecule has 0 aliphatic carbocycles. The number of H-pyrrole nitrogens is 1. The van der Waals surface area contributed by atoms with Gasteiger partial charge in [-0.25, -0.2) is 9.78 Å². The summed E-state index contributed by atoms with van der Waals surface area (Å²) >= 11 is 12.8. The molecule has 2 N–H and O–H groups in total. The van der Waals surface area contributed by atoms with Gasteiger partial charge in [0.2, 0.25) is 0 Å². The molecule has 192 valence electrons. The molecule has 0 fully saturated rings. The van der Waals surface area contributed by atoms with Crippen LogP contribution in [0.4, 0.5) is 0 Å². The topological polar surface area (TPSA) is 101 Å². The number of hydrogen-bond donors (Lipinski definition) is 2. The van der Waals surface area contributed by atoms with Crippen molar-refractivity contribution in [2.45, 2.75) is 32.2 Å². The fourth-order valence-corrected chi connectivity index (χ4v) is 4.78. The molecule has 3 aromatic carbocycles. The van der Waals surface area contributed by atoms with Gasteiger partial charge in [-0.3, -0.25) is 4.79 Å². The molecule has 0 aliphatic rings. The van der Waals surface area contributed by atoms with Gasteiger partial charge in [-0.2, -0.15) is 5.10 Å². The third kappa shape index (κ3) is 5.61. The van der Waals surface area contributed by atoms with Crippen LogP contribution in [0.1, 0.15) is 41.3 Å². The zero-order chi connectivity index (χ0) is 26.7. The third-order valence-electron chi connectivity index (χ3n) is 6.07. The van der Waals surface area contributed by atoms with Gasteiger partial charge in [-0.1, -0.05) is 77.8 Å². The Labute approximate surface area is 230 Å². The number of para-hydroxylation sites is 1. The van der Waals surface area contributed by atoms with Gasteiger partial charge in [0.05, 0.1) is 16.4 Å². The molecule has 2 heterocycles. The van der Waals surface area contributed by atoms with Crippen molar-refractivity contribution in [3.8, 4) is 16.9 Å². The van der Waals surface area contributed by atoms with E-state index in [1.54, 1.807) is 22.9 Å². The molecule has 38 heavy (non-hydrogen) atoms. The van der Waals surface area contributed by atoms with Crippen molar-refractivity contribution in [1.29, 1.82) is 0 Å². The summed E-state index contributed by atoms with van der Waals surface area (Å²) in [4.78, 5) is 13.9. The van der Waals surface area contributed by atoms with Gasteiger partial charge in [0.1, 0.15) is 0 Å². The number of aromatic amines is 1. The van der Waals surface area contributed by atoms with E-state index in [1.807, 2.05) is 74.5 Å². The van der Waals surface area contributed by atoms with Gasteiger partial charge < -0.3 is 5.32 Å². The van der Waals surface area contributed by atoms with E-state index < -0.39 is 5.54 Å². The van der Waals surface area contributed by atoms with Crippen LogP contribution in [0.2, 0.25) is 10.0 Å². The predicted octanol–water partition coefficient (Wildman–Crippen LogP) is 5.70. The third-order valence-corrected chi connectivity index (χ3v) is 6.64. The van der Waals surface area contributed by atoms with Crippen molar-refractivity contribution >= 4 is 29.1 Å². The molecule has 0 atom stereocenters. The van der Waals surface area contributed by atoms with Crippen molar-refractivity contribution in [1.82, 2.24) is 35.7 Å². The summed E-state index contributed by atoms with van der Waals surface area (Å²) in [5, 5.41) is 23.3. The molecule has 0 unspecified atom stereocenters. The summed E-state index contributed by atoms with van der Waals surface area (Å²) in [6.07, 6.45) is 0.896. The number of rotatable bonds is 8. The lowest BCUT2D eigenvalue weighted by atomic mass is 9.94. The standard InChI is InChI=1S/C28H25Cl2N7O/c1-28(2,17-18-8-4-3-5-9-18)31-27(38)25-21(16-24-32-35-36-33-24)26(19-12-14-20(29)15-13-19)37(34-25)23-11-7-6-10-22(23)30/h3-15H,16-17H2,1-2H3,(H,31,38)(H,32,33,35,36). The number of tetrazole rings is 1. The maximum absolute atomic E-state index is 13.9. The number of halogens is 2. The summed E-state index contributed by atoms with van der Waals surface area (Å²) in [5.74, 6) is 0.186. The van der Waals surface area contributed by atoms with E-state index in [2.05, 4.69) is 25.9 Å². The fraction of sp³-hybridized carbons (Fsp3) is 0.179. The number of carbonyl (C=O) groups is 1. The minimum absolute atomic E-state index is 0.247. The van der Waals surface area contributed by atoms with E-state index in [0.29, 0.717) is 39.2 Å². The van der Waals surface area contributed by atoms with Gasteiger partial charge in [0, 0.05) is 28.1 Å². The van der Waals surface area contributed by atoms with Gasteiger partial charge in [-0.05, 0) is 60.5 Å². The molecular weight excluding hydrogens is 521 g/mol. The van der Waals surface area contributed by atoms with Crippen molar-refractivity contribution < 1.29 is 4.79 Å². The van der Waals surface area contributed by atoms with E-state index in [9.17, 15) is 4.79 Å².